The Kier molecular flexibility index (Phi) is 3.29. The van der Waals surface area contributed by atoms with Crippen molar-refractivity contribution in [3.05, 3.63) is 103 Å². The van der Waals surface area contributed by atoms with Crippen molar-refractivity contribution >= 4 is 0 Å². The lowest BCUT2D eigenvalue weighted by molar-refractivity contribution is 1.33. The number of hydrogen-bond acceptors (Lipinski definition) is 1. The van der Waals surface area contributed by atoms with Gasteiger partial charge in [-0.25, -0.2) is 0 Å². The molecule has 0 fully saturated rings. The van der Waals surface area contributed by atoms with Crippen molar-refractivity contribution in [3.63, 3.8) is 0 Å². The van der Waals surface area contributed by atoms with Gasteiger partial charge in [0, 0.05) is 15.9 Å². The molecule has 0 spiro atoms. The van der Waals surface area contributed by atoms with Crippen LogP contribution >= 0.6 is 0 Å². The zero-order valence-corrected chi connectivity index (χ0v) is 13.7. The molecule has 1 aromatic heterocycles. The van der Waals surface area contributed by atoms with Gasteiger partial charge in [-0.05, 0) is 47.3 Å². The molecule has 4 rings (SSSR count). The molecule has 0 atom stereocenters. The van der Waals surface area contributed by atoms with E-state index < -0.39 is 6.85 Å². The van der Waals surface area contributed by atoms with E-state index >= 15 is 0 Å². The number of hydrogen-bond donors (Lipinski definition) is 0. The van der Waals surface area contributed by atoms with Crippen LogP contribution in [-0.4, -0.2) is 4.98 Å². The van der Waals surface area contributed by atoms with Crippen molar-refractivity contribution in [1.29, 1.82) is 0 Å². The second kappa shape index (κ2) is 6.74. The van der Waals surface area contributed by atoms with Gasteiger partial charge in [-0.1, -0.05) is 78.4 Å². The van der Waals surface area contributed by atoms with Crippen LogP contribution in [0.15, 0.2) is 97.2 Å². The SMILES string of the molecule is [2H]C([2H])([2H])c1ccc(-c2cccc(-c3cc(-c4ccccc4)ccn3)c2)cc1. The molecular formula is C24H19N. The van der Waals surface area contributed by atoms with E-state index in [-0.39, 0.29) is 0 Å². The summed E-state index contributed by atoms with van der Waals surface area (Å²) in [5, 5.41) is 0. The van der Waals surface area contributed by atoms with Crippen LogP contribution in [0.1, 0.15) is 9.68 Å². The van der Waals surface area contributed by atoms with Gasteiger partial charge in [0.1, 0.15) is 0 Å². The maximum Gasteiger partial charge on any atom is 0.0708 e. The highest BCUT2D eigenvalue weighted by molar-refractivity contribution is 5.74. The molecule has 0 saturated heterocycles. The first-order valence-electron chi connectivity index (χ1n) is 9.73. The third-order valence-corrected chi connectivity index (χ3v) is 4.24. The molecular weight excluding hydrogens is 302 g/mol. The maximum absolute atomic E-state index is 7.51. The fourth-order valence-corrected chi connectivity index (χ4v) is 2.92. The van der Waals surface area contributed by atoms with Crippen LogP contribution in [0, 0.1) is 6.85 Å². The van der Waals surface area contributed by atoms with Gasteiger partial charge in [0.15, 0.2) is 0 Å². The number of rotatable bonds is 3. The normalized spacial score (nSPS) is 12.9. The highest BCUT2D eigenvalue weighted by Crippen LogP contribution is 2.28. The van der Waals surface area contributed by atoms with Gasteiger partial charge in [-0.2, -0.15) is 0 Å². The van der Waals surface area contributed by atoms with Crippen molar-refractivity contribution in [1.82, 2.24) is 4.98 Å². The summed E-state index contributed by atoms with van der Waals surface area (Å²) in [4.78, 5) is 4.54. The molecule has 3 aromatic carbocycles. The highest BCUT2D eigenvalue weighted by atomic mass is 14.7. The molecule has 25 heavy (non-hydrogen) atoms. The van der Waals surface area contributed by atoms with E-state index in [1.807, 2.05) is 60.8 Å². The molecule has 0 bridgehead atoms. The number of benzene rings is 3. The third-order valence-electron chi connectivity index (χ3n) is 4.24. The number of pyridine rings is 1. The molecule has 0 aliphatic heterocycles. The molecule has 120 valence electrons. The molecule has 1 heteroatoms. The monoisotopic (exact) mass is 324 g/mol. The lowest BCUT2D eigenvalue weighted by Gasteiger charge is -2.08. The van der Waals surface area contributed by atoms with Gasteiger partial charge in [-0.3, -0.25) is 4.98 Å². The first-order valence-corrected chi connectivity index (χ1v) is 8.23. The smallest absolute Gasteiger partial charge is 0.0708 e. The number of aromatic nitrogens is 1. The van der Waals surface area contributed by atoms with E-state index in [1.165, 1.54) is 0 Å². The van der Waals surface area contributed by atoms with Crippen molar-refractivity contribution < 1.29 is 4.11 Å². The Morgan fingerprint density at radius 2 is 1.28 bits per heavy atom. The van der Waals surface area contributed by atoms with Gasteiger partial charge in [0.25, 0.3) is 0 Å². The second-order valence-electron chi connectivity index (χ2n) is 5.95. The molecule has 0 amide bonds. The minimum absolute atomic E-state index is 0.352. The lowest BCUT2D eigenvalue weighted by Crippen LogP contribution is -1.86. The molecule has 0 saturated carbocycles. The molecule has 0 unspecified atom stereocenters. The largest absolute Gasteiger partial charge is 0.256 e. The van der Waals surface area contributed by atoms with Gasteiger partial charge >= 0.3 is 0 Å². The van der Waals surface area contributed by atoms with Gasteiger partial charge < -0.3 is 0 Å². The third kappa shape index (κ3) is 3.36. The Hall–Kier alpha value is -3.19. The van der Waals surface area contributed by atoms with E-state index in [0.29, 0.717) is 5.56 Å². The van der Waals surface area contributed by atoms with Crippen molar-refractivity contribution in [2.75, 3.05) is 0 Å². The quantitative estimate of drug-likeness (QED) is 0.425. The fourth-order valence-electron chi connectivity index (χ4n) is 2.92. The van der Waals surface area contributed by atoms with Gasteiger partial charge in [-0.15, -0.1) is 0 Å². The number of nitrogens with zero attached hydrogens (tertiary/aromatic N) is 1. The highest BCUT2D eigenvalue weighted by Gasteiger charge is 2.05. The Labute approximate surface area is 152 Å². The zero-order chi connectivity index (χ0) is 19.6. The molecule has 0 aliphatic rings. The van der Waals surface area contributed by atoms with Crippen LogP contribution in [0.2, 0.25) is 0 Å². The maximum atomic E-state index is 7.51. The zero-order valence-electron chi connectivity index (χ0n) is 16.7. The molecule has 0 radical (unpaired) electrons. The average molecular weight is 324 g/mol. The summed E-state index contributed by atoms with van der Waals surface area (Å²) in [6, 6.07) is 29.5. The summed E-state index contributed by atoms with van der Waals surface area (Å²) in [6.45, 7) is -2.08. The first-order chi connectivity index (χ1) is 13.5. The van der Waals surface area contributed by atoms with Crippen LogP contribution in [0.4, 0.5) is 0 Å². The summed E-state index contributed by atoms with van der Waals surface area (Å²) in [5.41, 5.74) is 6.57. The molecule has 4 aromatic rings. The molecule has 1 nitrogen and oxygen atoms in total. The summed E-state index contributed by atoms with van der Waals surface area (Å²) in [5.74, 6) is 0. The minimum Gasteiger partial charge on any atom is -0.256 e. The van der Waals surface area contributed by atoms with Crippen molar-refractivity contribution in [2.24, 2.45) is 0 Å². The van der Waals surface area contributed by atoms with E-state index in [9.17, 15) is 0 Å². The summed E-state index contributed by atoms with van der Waals surface area (Å²) in [7, 11) is 0. The van der Waals surface area contributed by atoms with Gasteiger partial charge in [0.2, 0.25) is 0 Å². The van der Waals surface area contributed by atoms with E-state index in [1.54, 1.807) is 12.1 Å². The standard InChI is InChI=1S/C24H19N/c1-18-10-12-20(13-11-18)21-8-5-9-23(16-21)24-17-22(14-15-25-24)19-6-3-2-4-7-19/h2-17H,1H3/i1D3. The summed E-state index contributed by atoms with van der Waals surface area (Å²) in [6.07, 6.45) is 1.83. The Balaban J connectivity index is 1.68. The van der Waals surface area contributed by atoms with Crippen LogP contribution < -0.4 is 0 Å². The minimum atomic E-state index is -2.08. The summed E-state index contributed by atoms with van der Waals surface area (Å²) < 4.78 is 22.5. The van der Waals surface area contributed by atoms with E-state index in [4.69, 9.17) is 4.11 Å². The topological polar surface area (TPSA) is 12.9 Å². The van der Waals surface area contributed by atoms with E-state index in [2.05, 4.69) is 29.2 Å². The second-order valence-corrected chi connectivity index (χ2v) is 5.95. The molecule has 1 heterocycles. The van der Waals surface area contributed by atoms with Gasteiger partial charge in [0.05, 0.1) is 5.69 Å². The Morgan fingerprint density at radius 1 is 0.600 bits per heavy atom. The fraction of sp³-hybridized carbons (Fsp3) is 0.0417. The Morgan fingerprint density at radius 3 is 2.08 bits per heavy atom. The average Bonchev–Trinajstić information content (AvgIpc) is 2.74. The summed E-state index contributed by atoms with van der Waals surface area (Å²) >= 11 is 0. The van der Waals surface area contributed by atoms with Crippen LogP contribution in [0.5, 0.6) is 0 Å². The van der Waals surface area contributed by atoms with Crippen molar-refractivity contribution in [3.8, 4) is 33.5 Å². The van der Waals surface area contributed by atoms with Crippen LogP contribution in [0.25, 0.3) is 33.5 Å². The molecule has 0 N–H and O–H groups in total. The van der Waals surface area contributed by atoms with E-state index in [0.717, 1.165) is 33.5 Å². The van der Waals surface area contributed by atoms with Crippen LogP contribution in [-0.2, 0) is 0 Å². The van der Waals surface area contributed by atoms with Crippen molar-refractivity contribution in [2.45, 2.75) is 6.85 Å². The predicted molar refractivity (Wildman–Crippen MR) is 105 cm³/mol. The number of aryl methyl sites for hydroxylation is 1. The Bertz CT molecular complexity index is 1080. The molecule has 0 aliphatic carbocycles. The van der Waals surface area contributed by atoms with Crippen LogP contribution in [0.3, 0.4) is 0 Å². The first kappa shape index (κ1) is 12.2. The lowest BCUT2D eigenvalue weighted by atomic mass is 9.99. The predicted octanol–water partition coefficient (Wildman–Crippen LogP) is 6.39.